The first-order valence-electron chi connectivity index (χ1n) is 8.62. The molecule has 0 aromatic heterocycles. The molecule has 1 heterocycles. The highest BCUT2D eigenvalue weighted by atomic mass is 16.2. The normalized spacial score (nSPS) is 26.5. The molecule has 0 radical (unpaired) electrons. The van der Waals surface area contributed by atoms with Crippen molar-refractivity contribution in [2.24, 2.45) is 5.41 Å². The van der Waals surface area contributed by atoms with Crippen LogP contribution in [0.15, 0.2) is 60.7 Å². The summed E-state index contributed by atoms with van der Waals surface area (Å²) in [5.41, 5.74) is 1.76. The van der Waals surface area contributed by atoms with Crippen molar-refractivity contribution in [1.82, 2.24) is 4.90 Å². The fraction of sp³-hybridized carbons (Fsp3) is 0.333. The smallest absolute Gasteiger partial charge is 0.232 e. The summed E-state index contributed by atoms with van der Waals surface area (Å²) in [6, 6.07) is 20.3. The third-order valence-corrected chi connectivity index (χ3v) is 5.42. The van der Waals surface area contributed by atoms with Gasteiger partial charge < -0.3 is 4.90 Å². The van der Waals surface area contributed by atoms with E-state index in [0.717, 1.165) is 24.0 Å². The van der Waals surface area contributed by atoms with Gasteiger partial charge in [0.2, 0.25) is 5.91 Å². The molecule has 122 valence electrons. The molecule has 1 saturated heterocycles. The molecule has 2 aromatic rings. The predicted molar refractivity (Wildman–Crippen MR) is 92.1 cm³/mol. The largest absolute Gasteiger partial charge is 0.330 e. The number of hydrogen-bond donors (Lipinski definition) is 0. The average Bonchev–Trinajstić information content (AvgIpc) is 2.63. The van der Waals surface area contributed by atoms with Crippen molar-refractivity contribution in [2.45, 2.75) is 38.3 Å². The van der Waals surface area contributed by atoms with E-state index in [9.17, 15) is 9.59 Å². The Balaban J connectivity index is 1.69. The van der Waals surface area contributed by atoms with E-state index < -0.39 is 5.41 Å². The van der Waals surface area contributed by atoms with E-state index in [1.54, 1.807) is 0 Å². The maximum atomic E-state index is 13.0. The van der Waals surface area contributed by atoms with Crippen LogP contribution in [0.5, 0.6) is 0 Å². The van der Waals surface area contributed by atoms with Crippen LogP contribution < -0.4 is 0 Å². The van der Waals surface area contributed by atoms with Gasteiger partial charge in [0.25, 0.3) is 0 Å². The number of hydrogen-bond acceptors (Lipinski definition) is 2. The Morgan fingerprint density at radius 2 is 1.62 bits per heavy atom. The molecular formula is C21H21NO2. The molecule has 2 unspecified atom stereocenters. The minimum atomic E-state index is -0.508. The maximum Gasteiger partial charge on any atom is 0.232 e. The molecule has 1 aliphatic heterocycles. The first-order chi connectivity index (χ1) is 11.7. The maximum absolute atomic E-state index is 13.0. The van der Waals surface area contributed by atoms with Crippen molar-refractivity contribution >= 4 is 11.7 Å². The fourth-order valence-electron chi connectivity index (χ4n) is 4.38. The summed E-state index contributed by atoms with van der Waals surface area (Å²) in [7, 11) is 0. The molecule has 2 aromatic carbocycles. The fourth-order valence-corrected chi connectivity index (χ4v) is 4.38. The lowest BCUT2D eigenvalue weighted by molar-refractivity contribution is -0.181. The van der Waals surface area contributed by atoms with E-state index in [1.165, 1.54) is 0 Å². The summed E-state index contributed by atoms with van der Waals surface area (Å²) in [6.07, 6.45) is 2.67. The number of carbonyl (C=O) groups excluding carboxylic acids is 2. The zero-order valence-electron chi connectivity index (χ0n) is 13.7. The van der Waals surface area contributed by atoms with Gasteiger partial charge in [-0.1, -0.05) is 60.7 Å². The van der Waals surface area contributed by atoms with Crippen molar-refractivity contribution in [1.29, 1.82) is 0 Å². The van der Waals surface area contributed by atoms with Crippen LogP contribution in [0.4, 0.5) is 0 Å². The zero-order valence-corrected chi connectivity index (χ0v) is 13.7. The Morgan fingerprint density at radius 1 is 0.958 bits per heavy atom. The topological polar surface area (TPSA) is 37.4 Å². The van der Waals surface area contributed by atoms with Crippen LogP contribution in [0.3, 0.4) is 0 Å². The van der Waals surface area contributed by atoms with Crippen LogP contribution in [0.1, 0.15) is 42.9 Å². The lowest BCUT2D eigenvalue weighted by atomic mass is 9.60. The molecule has 3 nitrogen and oxygen atoms in total. The number of Topliss-reactive ketones (excluding diaryl/α,β-unsaturated/α-hetero) is 1. The van der Waals surface area contributed by atoms with Crippen LogP contribution in [-0.4, -0.2) is 16.6 Å². The Hall–Kier alpha value is -2.42. The molecule has 2 fully saturated rings. The summed E-state index contributed by atoms with van der Waals surface area (Å²) in [6.45, 7) is 0.606. The third kappa shape index (κ3) is 2.35. The Morgan fingerprint density at radius 3 is 2.29 bits per heavy atom. The zero-order chi connectivity index (χ0) is 16.6. The lowest BCUT2D eigenvalue weighted by Gasteiger charge is -2.57. The summed E-state index contributed by atoms with van der Waals surface area (Å²) in [5.74, 6) is 0.378. The lowest BCUT2D eigenvalue weighted by Crippen LogP contribution is -2.64. The van der Waals surface area contributed by atoms with Crippen LogP contribution in [0.25, 0.3) is 0 Å². The number of nitrogens with zero attached hydrogens (tertiary/aromatic N) is 1. The van der Waals surface area contributed by atoms with Crippen molar-refractivity contribution in [3.05, 3.63) is 71.8 Å². The highest BCUT2D eigenvalue weighted by molar-refractivity contribution is 5.96. The van der Waals surface area contributed by atoms with E-state index in [-0.39, 0.29) is 17.7 Å². The van der Waals surface area contributed by atoms with E-state index >= 15 is 0 Å². The van der Waals surface area contributed by atoms with Crippen molar-refractivity contribution in [3.63, 3.8) is 0 Å². The monoisotopic (exact) mass is 319 g/mol. The second-order valence-electron chi connectivity index (χ2n) is 6.96. The number of amides is 1. The van der Waals surface area contributed by atoms with E-state index in [4.69, 9.17) is 0 Å². The van der Waals surface area contributed by atoms with Gasteiger partial charge in [-0.2, -0.15) is 0 Å². The molecule has 24 heavy (non-hydrogen) atoms. The van der Waals surface area contributed by atoms with E-state index in [0.29, 0.717) is 19.4 Å². The molecule has 1 saturated carbocycles. The molecule has 2 atom stereocenters. The van der Waals surface area contributed by atoms with Crippen LogP contribution in [-0.2, 0) is 16.1 Å². The molecule has 2 aliphatic rings. The number of carbonyl (C=O) groups is 2. The molecule has 0 N–H and O–H groups in total. The van der Waals surface area contributed by atoms with Crippen molar-refractivity contribution in [3.8, 4) is 0 Å². The van der Waals surface area contributed by atoms with Crippen molar-refractivity contribution in [2.75, 3.05) is 0 Å². The van der Waals surface area contributed by atoms with Crippen molar-refractivity contribution < 1.29 is 9.59 Å². The van der Waals surface area contributed by atoms with Gasteiger partial charge in [0, 0.05) is 19.4 Å². The molecule has 1 amide bonds. The first kappa shape index (κ1) is 15.1. The summed E-state index contributed by atoms with van der Waals surface area (Å²) in [4.78, 5) is 27.1. The average molecular weight is 319 g/mol. The van der Waals surface area contributed by atoms with E-state index in [1.807, 2.05) is 53.4 Å². The summed E-state index contributed by atoms with van der Waals surface area (Å²) < 4.78 is 0. The Labute approximate surface area is 142 Å². The van der Waals surface area contributed by atoms with E-state index in [2.05, 4.69) is 12.1 Å². The molecular weight excluding hydrogens is 298 g/mol. The Bertz CT molecular complexity index is 756. The second kappa shape index (κ2) is 5.90. The van der Waals surface area contributed by atoms with Gasteiger partial charge in [-0.15, -0.1) is 0 Å². The number of β-lactam (4-membered cyclic amide) rings is 1. The van der Waals surface area contributed by atoms with Gasteiger partial charge in [-0.25, -0.2) is 0 Å². The molecule has 1 aliphatic carbocycles. The van der Waals surface area contributed by atoms with Gasteiger partial charge in [-0.3, -0.25) is 9.59 Å². The van der Waals surface area contributed by atoms with Crippen LogP contribution >= 0.6 is 0 Å². The molecule has 0 bridgehead atoms. The number of benzene rings is 2. The van der Waals surface area contributed by atoms with Crippen LogP contribution in [0, 0.1) is 5.41 Å². The number of likely N-dealkylation sites (tertiary alicyclic amines) is 1. The number of rotatable bonds is 3. The second-order valence-corrected chi connectivity index (χ2v) is 6.96. The summed E-state index contributed by atoms with van der Waals surface area (Å²) in [5, 5.41) is 0. The predicted octanol–water partition coefficient (Wildman–Crippen LogP) is 3.90. The van der Waals surface area contributed by atoms with Gasteiger partial charge >= 0.3 is 0 Å². The highest BCUT2D eigenvalue weighted by Crippen LogP contribution is 2.57. The van der Waals surface area contributed by atoms with Gasteiger partial charge in [0.05, 0.1) is 11.5 Å². The molecule has 1 spiro atoms. The molecule has 3 heteroatoms. The minimum Gasteiger partial charge on any atom is -0.330 e. The number of ketones is 1. The SMILES string of the molecule is O=C1CCCC2(C1)C(=O)N(Cc1ccccc1)C2c1ccccc1. The molecule has 4 rings (SSSR count). The first-order valence-corrected chi connectivity index (χ1v) is 8.62. The third-order valence-electron chi connectivity index (χ3n) is 5.42. The minimum absolute atomic E-state index is 0.00987. The Kier molecular flexibility index (Phi) is 3.72. The standard InChI is InChI=1S/C21H21NO2/c23-18-12-7-13-21(14-18)19(17-10-5-2-6-11-17)22(20(21)24)15-16-8-3-1-4-9-16/h1-6,8-11,19H,7,12-15H2. The quantitative estimate of drug-likeness (QED) is 0.805. The van der Waals surface area contributed by atoms with Gasteiger partial charge in [0.15, 0.2) is 0 Å². The van der Waals surface area contributed by atoms with Crippen LogP contribution in [0.2, 0.25) is 0 Å². The highest BCUT2D eigenvalue weighted by Gasteiger charge is 2.61. The van der Waals surface area contributed by atoms with Gasteiger partial charge in [0.1, 0.15) is 5.78 Å². The van der Waals surface area contributed by atoms with Gasteiger partial charge in [-0.05, 0) is 24.0 Å². The summed E-state index contributed by atoms with van der Waals surface area (Å²) >= 11 is 0.